The van der Waals surface area contributed by atoms with Gasteiger partial charge in [-0.05, 0) is 36.8 Å². The minimum absolute atomic E-state index is 0.186. The van der Waals surface area contributed by atoms with Crippen molar-refractivity contribution in [2.45, 2.75) is 17.9 Å². The van der Waals surface area contributed by atoms with Crippen molar-refractivity contribution in [2.75, 3.05) is 13.3 Å². The van der Waals surface area contributed by atoms with Crippen LogP contribution in [0.1, 0.15) is 28.9 Å². The molecular weight excluding hydrogens is 336 g/mol. The smallest absolute Gasteiger partial charge is 0.254 e. The van der Waals surface area contributed by atoms with E-state index < -0.39 is 9.84 Å². The number of halogens is 1. The van der Waals surface area contributed by atoms with Crippen LogP contribution >= 0.6 is 11.6 Å². The first-order chi connectivity index (χ1) is 10.7. The first-order valence-corrected chi connectivity index (χ1v) is 9.16. The maximum absolute atomic E-state index is 12.5. The molecule has 1 aromatic carbocycles. The van der Waals surface area contributed by atoms with E-state index in [1.807, 2.05) is 6.92 Å². The van der Waals surface area contributed by atoms with E-state index in [9.17, 15) is 13.2 Å². The van der Waals surface area contributed by atoms with E-state index in [1.54, 1.807) is 42.3 Å². The first kappa shape index (κ1) is 17.4. The average molecular weight is 353 g/mol. The second-order valence-corrected chi connectivity index (χ2v) is 7.70. The summed E-state index contributed by atoms with van der Waals surface area (Å²) < 4.78 is 23.0. The first-order valence-electron chi connectivity index (χ1n) is 6.89. The molecule has 2 rings (SSSR count). The number of pyridine rings is 1. The standard InChI is InChI=1S/C16H17ClN2O3S/c1-11(12-4-6-14(7-5-12)23(3,21)22)19(2)16(20)13-8-9-18-15(17)10-13/h4-11H,1-3H3. The van der Waals surface area contributed by atoms with Crippen molar-refractivity contribution in [3.8, 4) is 0 Å². The second kappa shape index (κ2) is 6.68. The lowest BCUT2D eigenvalue weighted by molar-refractivity contribution is 0.0742. The summed E-state index contributed by atoms with van der Waals surface area (Å²) in [6.07, 6.45) is 2.64. The Balaban J connectivity index is 2.22. The van der Waals surface area contributed by atoms with Crippen LogP contribution in [0.3, 0.4) is 0 Å². The third-order valence-electron chi connectivity index (χ3n) is 3.67. The zero-order valence-corrected chi connectivity index (χ0v) is 14.6. The maximum Gasteiger partial charge on any atom is 0.254 e. The maximum atomic E-state index is 12.5. The Bertz CT molecular complexity index is 819. The van der Waals surface area contributed by atoms with Crippen molar-refractivity contribution in [1.29, 1.82) is 0 Å². The summed E-state index contributed by atoms with van der Waals surface area (Å²) in [6, 6.07) is 9.41. The van der Waals surface area contributed by atoms with Crippen LogP contribution in [0.15, 0.2) is 47.5 Å². The lowest BCUT2D eigenvalue weighted by Crippen LogP contribution is -2.29. The van der Waals surface area contributed by atoms with Crippen molar-refractivity contribution < 1.29 is 13.2 Å². The molecule has 0 N–H and O–H groups in total. The van der Waals surface area contributed by atoms with Gasteiger partial charge in [0.15, 0.2) is 9.84 Å². The number of benzene rings is 1. The van der Waals surface area contributed by atoms with Gasteiger partial charge in [0.1, 0.15) is 5.15 Å². The molecule has 1 unspecified atom stereocenters. The molecule has 0 fully saturated rings. The summed E-state index contributed by atoms with van der Waals surface area (Å²) in [6.45, 7) is 1.87. The fraction of sp³-hybridized carbons (Fsp3) is 0.250. The van der Waals surface area contributed by atoms with E-state index in [1.165, 1.54) is 12.3 Å². The van der Waals surface area contributed by atoms with Gasteiger partial charge in [0.25, 0.3) is 5.91 Å². The Morgan fingerprint density at radius 1 is 1.22 bits per heavy atom. The number of carbonyl (C=O) groups excluding carboxylic acids is 1. The molecule has 0 aliphatic carbocycles. The van der Waals surface area contributed by atoms with Gasteiger partial charge in [-0.2, -0.15) is 0 Å². The number of aromatic nitrogens is 1. The van der Waals surface area contributed by atoms with Gasteiger partial charge in [0.2, 0.25) is 0 Å². The van der Waals surface area contributed by atoms with Crippen LogP contribution in [0.4, 0.5) is 0 Å². The van der Waals surface area contributed by atoms with Gasteiger partial charge < -0.3 is 4.90 Å². The van der Waals surface area contributed by atoms with Crippen LogP contribution in [0, 0.1) is 0 Å². The van der Waals surface area contributed by atoms with Gasteiger partial charge in [0, 0.05) is 25.1 Å². The third kappa shape index (κ3) is 4.09. The molecule has 1 aromatic heterocycles. The minimum Gasteiger partial charge on any atom is -0.335 e. The van der Waals surface area contributed by atoms with Crippen LogP contribution in [0.25, 0.3) is 0 Å². The number of carbonyl (C=O) groups is 1. The van der Waals surface area contributed by atoms with Gasteiger partial charge in [-0.1, -0.05) is 23.7 Å². The Kier molecular flexibility index (Phi) is 5.06. The van der Waals surface area contributed by atoms with Crippen molar-refractivity contribution in [3.63, 3.8) is 0 Å². The third-order valence-corrected chi connectivity index (χ3v) is 5.00. The minimum atomic E-state index is -3.23. The van der Waals surface area contributed by atoms with Crippen molar-refractivity contribution >= 4 is 27.3 Å². The molecule has 1 heterocycles. The molecule has 23 heavy (non-hydrogen) atoms. The highest BCUT2D eigenvalue weighted by Crippen LogP contribution is 2.22. The van der Waals surface area contributed by atoms with Crippen LogP contribution in [-0.4, -0.2) is 37.5 Å². The van der Waals surface area contributed by atoms with Gasteiger partial charge in [0.05, 0.1) is 10.9 Å². The van der Waals surface area contributed by atoms with E-state index in [4.69, 9.17) is 11.6 Å². The number of amides is 1. The quantitative estimate of drug-likeness (QED) is 0.793. The topological polar surface area (TPSA) is 67.3 Å². The van der Waals surface area contributed by atoms with Gasteiger partial charge in [-0.25, -0.2) is 13.4 Å². The number of hydrogen-bond donors (Lipinski definition) is 0. The van der Waals surface area contributed by atoms with Crippen LogP contribution in [0.2, 0.25) is 5.15 Å². The van der Waals surface area contributed by atoms with Crippen molar-refractivity contribution in [1.82, 2.24) is 9.88 Å². The van der Waals surface area contributed by atoms with Crippen molar-refractivity contribution in [2.24, 2.45) is 0 Å². The summed E-state index contributed by atoms with van der Waals surface area (Å²) in [5.41, 5.74) is 1.29. The lowest BCUT2D eigenvalue weighted by atomic mass is 10.1. The number of hydrogen-bond acceptors (Lipinski definition) is 4. The van der Waals surface area contributed by atoms with Crippen LogP contribution < -0.4 is 0 Å². The van der Waals surface area contributed by atoms with Gasteiger partial charge in [-0.15, -0.1) is 0 Å². The summed E-state index contributed by atoms with van der Waals surface area (Å²) in [5.74, 6) is -0.186. The van der Waals surface area contributed by atoms with Crippen LogP contribution in [-0.2, 0) is 9.84 Å². The molecule has 0 radical (unpaired) electrons. The summed E-state index contributed by atoms with van der Waals surface area (Å²) in [4.78, 5) is 18.2. The molecule has 0 spiro atoms. The van der Waals surface area contributed by atoms with E-state index >= 15 is 0 Å². The van der Waals surface area contributed by atoms with E-state index in [0.717, 1.165) is 11.8 Å². The van der Waals surface area contributed by atoms with E-state index in [2.05, 4.69) is 4.98 Å². The predicted molar refractivity (Wildman–Crippen MR) is 89.3 cm³/mol. The molecule has 1 atom stereocenters. The highest BCUT2D eigenvalue weighted by molar-refractivity contribution is 7.90. The fourth-order valence-corrected chi connectivity index (χ4v) is 2.94. The molecule has 5 nitrogen and oxygen atoms in total. The molecule has 0 aliphatic rings. The molecule has 0 aliphatic heterocycles. The van der Waals surface area contributed by atoms with Crippen LogP contribution in [0.5, 0.6) is 0 Å². The largest absolute Gasteiger partial charge is 0.335 e. The van der Waals surface area contributed by atoms with Gasteiger partial charge in [-0.3, -0.25) is 4.79 Å². The molecule has 0 saturated heterocycles. The Labute approximate surface area is 140 Å². The summed E-state index contributed by atoms with van der Waals surface area (Å²) >= 11 is 5.81. The number of rotatable bonds is 4. The number of nitrogens with zero attached hydrogens (tertiary/aromatic N) is 2. The molecule has 0 saturated carbocycles. The molecule has 0 bridgehead atoms. The SMILES string of the molecule is CC(c1ccc(S(C)(=O)=O)cc1)N(C)C(=O)c1ccnc(Cl)c1. The van der Waals surface area contributed by atoms with E-state index in [0.29, 0.717) is 5.56 Å². The Morgan fingerprint density at radius 2 is 1.83 bits per heavy atom. The summed E-state index contributed by atoms with van der Waals surface area (Å²) in [5, 5.41) is 0.259. The molecule has 7 heteroatoms. The second-order valence-electron chi connectivity index (χ2n) is 5.30. The average Bonchev–Trinajstić information content (AvgIpc) is 2.52. The monoisotopic (exact) mass is 352 g/mol. The molecule has 2 aromatic rings. The highest BCUT2D eigenvalue weighted by Gasteiger charge is 2.19. The Hall–Kier alpha value is -1.92. The Morgan fingerprint density at radius 3 is 2.35 bits per heavy atom. The fourth-order valence-electron chi connectivity index (χ4n) is 2.13. The molecule has 122 valence electrons. The lowest BCUT2D eigenvalue weighted by Gasteiger charge is -2.25. The number of sulfone groups is 1. The normalized spacial score (nSPS) is 12.7. The zero-order valence-electron chi connectivity index (χ0n) is 13.0. The summed E-state index contributed by atoms with van der Waals surface area (Å²) in [7, 11) is -1.55. The zero-order chi connectivity index (χ0) is 17.2. The molecular formula is C16H17ClN2O3S. The molecule has 1 amide bonds. The predicted octanol–water partition coefficient (Wildman–Crippen LogP) is 2.97. The highest BCUT2D eigenvalue weighted by atomic mass is 35.5. The van der Waals surface area contributed by atoms with Gasteiger partial charge >= 0.3 is 0 Å². The van der Waals surface area contributed by atoms with Crippen molar-refractivity contribution in [3.05, 3.63) is 58.9 Å². The van der Waals surface area contributed by atoms with E-state index in [-0.39, 0.29) is 22.0 Å².